The van der Waals surface area contributed by atoms with Crippen LogP contribution in [-0.2, 0) is 25.7 Å². The van der Waals surface area contributed by atoms with E-state index in [0.29, 0.717) is 26.1 Å². The minimum atomic E-state index is -0.957. The molecule has 1 aromatic rings. The summed E-state index contributed by atoms with van der Waals surface area (Å²) in [5, 5.41) is 0. The maximum absolute atomic E-state index is 13.0. The fourth-order valence-electron chi connectivity index (χ4n) is 3.85. The van der Waals surface area contributed by atoms with Crippen LogP contribution in [0.1, 0.15) is 45.6 Å². The van der Waals surface area contributed by atoms with Gasteiger partial charge in [-0.1, -0.05) is 30.3 Å². The number of amides is 2. The second kappa shape index (κ2) is 8.84. The average Bonchev–Trinajstić information content (AvgIpc) is 3.35. The van der Waals surface area contributed by atoms with Crippen LogP contribution < -0.4 is 0 Å². The van der Waals surface area contributed by atoms with Crippen LogP contribution in [0, 0.1) is 5.92 Å². The number of rotatable bonds is 4. The van der Waals surface area contributed by atoms with E-state index in [2.05, 4.69) is 0 Å². The normalized spacial score (nSPS) is 21.9. The highest BCUT2D eigenvalue weighted by Gasteiger charge is 2.49. The molecule has 2 fully saturated rings. The van der Waals surface area contributed by atoms with Crippen molar-refractivity contribution in [2.24, 2.45) is 5.92 Å². The molecule has 29 heavy (non-hydrogen) atoms. The smallest absolute Gasteiger partial charge is 0.411 e. The molecule has 2 heterocycles. The number of esters is 1. The van der Waals surface area contributed by atoms with Gasteiger partial charge in [0.05, 0.1) is 5.92 Å². The van der Waals surface area contributed by atoms with Crippen molar-refractivity contribution >= 4 is 18.0 Å². The van der Waals surface area contributed by atoms with E-state index in [1.165, 1.54) is 4.90 Å². The summed E-state index contributed by atoms with van der Waals surface area (Å²) >= 11 is 0. The van der Waals surface area contributed by atoms with Crippen LogP contribution in [0.3, 0.4) is 0 Å². The Morgan fingerprint density at radius 3 is 2.31 bits per heavy atom. The van der Waals surface area contributed by atoms with Gasteiger partial charge in [-0.25, -0.2) is 9.59 Å². The second-order valence-corrected chi connectivity index (χ2v) is 8.64. The maximum Gasteiger partial charge on any atom is 0.411 e. The molecule has 2 amide bonds. The van der Waals surface area contributed by atoms with Crippen LogP contribution in [0.25, 0.3) is 0 Å². The van der Waals surface area contributed by atoms with Gasteiger partial charge in [0.15, 0.2) is 0 Å². The van der Waals surface area contributed by atoms with E-state index in [1.807, 2.05) is 30.3 Å². The molecule has 0 aliphatic carbocycles. The Morgan fingerprint density at radius 1 is 1.03 bits per heavy atom. The molecule has 2 atom stereocenters. The van der Waals surface area contributed by atoms with Gasteiger partial charge in [-0.05, 0) is 45.6 Å². The molecule has 7 nitrogen and oxygen atoms in total. The van der Waals surface area contributed by atoms with Gasteiger partial charge >= 0.3 is 12.1 Å². The van der Waals surface area contributed by atoms with Crippen molar-refractivity contribution in [3.63, 3.8) is 0 Å². The van der Waals surface area contributed by atoms with Gasteiger partial charge in [-0.2, -0.15) is 0 Å². The van der Waals surface area contributed by atoms with Crippen LogP contribution in [0.2, 0.25) is 0 Å². The molecule has 158 valence electrons. The number of benzene rings is 1. The van der Waals surface area contributed by atoms with Crippen molar-refractivity contribution < 1.29 is 23.9 Å². The molecule has 0 radical (unpaired) electrons. The summed E-state index contributed by atoms with van der Waals surface area (Å²) in [6.45, 7) is 7.12. The average molecular weight is 402 g/mol. The molecule has 1 aromatic carbocycles. The Balaban J connectivity index is 1.76. The molecule has 0 bridgehead atoms. The third kappa shape index (κ3) is 5.28. The van der Waals surface area contributed by atoms with Crippen molar-refractivity contribution in [2.45, 2.75) is 58.3 Å². The molecular weight excluding hydrogens is 372 g/mol. The molecular formula is C22H30N2O5. The van der Waals surface area contributed by atoms with Crippen molar-refractivity contribution in [1.82, 2.24) is 9.80 Å². The van der Waals surface area contributed by atoms with Crippen molar-refractivity contribution in [3.8, 4) is 0 Å². The Labute approximate surface area is 171 Å². The van der Waals surface area contributed by atoms with Gasteiger partial charge in [0.2, 0.25) is 5.91 Å². The monoisotopic (exact) mass is 402 g/mol. The molecule has 3 rings (SSSR count). The number of hydrogen-bond acceptors (Lipinski definition) is 5. The highest BCUT2D eigenvalue weighted by molar-refractivity contribution is 5.91. The molecule has 0 N–H and O–H groups in total. The van der Waals surface area contributed by atoms with E-state index in [4.69, 9.17) is 9.47 Å². The summed E-state index contributed by atoms with van der Waals surface area (Å²) in [7, 11) is 0. The van der Waals surface area contributed by atoms with Gasteiger partial charge in [0.1, 0.15) is 18.2 Å². The standard InChI is InChI=1S/C22H30N2O5/c1-22(2,3)29-21(27)24-14-11-17(19(25)23-12-7-8-13-23)18(24)20(26)28-15-16-9-5-4-6-10-16/h4-6,9-10,17-18H,7-8,11-15H2,1-3H3/t17-,18+/m1/s1. The number of nitrogens with zero attached hydrogens (tertiary/aromatic N) is 2. The molecule has 0 saturated carbocycles. The molecule has 7 heteroatoms. The maximum atomic E-state index is 13.0. The van der Waals surface area contributed by atoms with Gasteiger partial charge in [0.25, 0.3) is 0 Å². The lowest BCUT2D eigenvalue weighted by atomic mass is 9.98. The summed E-state index contributed by atoms with van der Waals surface area (Å²) in [5.41, 5.74) is 0.164. The van der Waals surface area contributed by atoms with Gasteiger partial charge < -0.3 is 14.4 Å². The van der Waals surface area contributed by atoms with Gasteiger partial charge in [-0.3, -0.25) is 9.69 Å². The first-order valence-electron chi connectivity index (χ1n) is 10.3. The Morgan fingerprint density at radius 2 is 1.69 bits per heavy atom. The zero-order valence-corrected chi connectivity index (χ0v) is 17.4. The Bertz CT molecular complexity index is 737. The van der Waals surface area contributed by atoms with Crippen LogP contribution in [0.4, 0.5) is 4.79 Å². The summed E-state index contributed by atoms with van der Waals surface area (Å²) in [5.74, 6) is -1.23. The summed E-state index contributed by atoms with van der Waals surface area (Å²) in [6.07, 6.45) is 1.78. The van der Waals surface area contributed by atoms with E-state index >= 15 is 0 Å². The summed E-state index contributed by atoms with van der Waals surface area (Å²) in [4.78, 5) is 41.9. The quantitative estimate of drug-likeness (QED) is 0.724. The van der Waals surface area contributed by atoms with Crippen molar-refractivity contribution in [3.05, 3.63) is 35.9 Å². The minimum Gasteiger partial charge on any atom is -0.459 e. The highest BCUT2D eigenvalue weighted by Crippen LogP contribution is 2.30. The number of carbonyl (C=O) groups is 3. The third-order valence-corrected chi connectivity index (χ3v) is 5.23. The lowest BCUT2D eigenvalue weighted by Gasteiger charge is -2.30. The lowest BCUT2D eigenvalue weighted by molar-refractivity contribution is -0.155. The van der Waals surface area contributed by atoms with E-state index < -0.39 is 29.6 Å². The zero-order valence-electron chi connectivity index (χ0n) is 17.4. The van der Waals surface area contributed by atoms with E-state index in [1.54, 1.807) is 25.7 Å². The first-order valence-corrected chi connectivity index (χ1v) is 10.3. The molecule has 2 saturated heterocycles. The molecule has 0 spiro atoms. The van der Waals surface area contributed by atoms with Crippen LogP contribution >= 0.6 is 0 Å². The molecule has 0 aromatic heterocycles. The molecule has 0 unspecified atom stereocenters. The van der Waals surface area contributed by atoms with Crippen LogP contribution in [-0.4, -0.2) is 59.0 Å². The predicted octanol–water partition coefficient (Wildman–Crippen LogP) is 2.98. The van der Waals surface area contributed by atoms with Gasteiger partial charge in [0, 0.05) is 19.6 Å². The molecule has 2 aliphatic rings. The third-order valence-electron chi connectivity index (χ3n) is 5.23. The predicted molar refractivity (Wildman–Crippen MR) is 107 cm³/mol. The largest absolute Gasteiger partial charge is 0.459 e. The highest BCUT2D eigenvalue weighted by atomic mass is 16.6. The first-order chi connectivity index (χ1) is 13.8. The SMILES string of the molecule is CC(C)(C)OC(=O)N1CC[C@@H](C(=O)N2CCCC2)[C@H]1C(=O)OCc1ccccc1. The second-order valence-electron chi connectivity index (χ2n) is 8.64. The Kier molecular flexibility index (Phi) is 6.45. The van der Waals surface area contributed by atoms with E-state index in [9.17, 15) is 14.4 Å². The summed E-state index contributed by atoms with van der Waals surface area (Å²) < 4.78 is 11.0. The van der Waals surface area contributed by atoms with Gasteiger partial charge in [-0.15, -0.1) is 0 Å². The summed E-state index contributed by atoms with van der Waals surface area (Å²) in [6, 6.07) is 8.39. The van der Waals surface area contributed by atoms with Crippen molar-refractivity contribution in [2.75, 3.05) is 19.6 Å². The Hall–Kier alpha value is -2.57. The number of hydrogen-bond donors (Lipinski definition) is 0. The number of ether oxygens (including phenoxy) is 2. The fourth-order valence-corrected chi connectivity index (χ4v) is 3.85. The van der Waals surface area contributed by atoms with Crippen molar-refractivity contribution in [1.29, 1.82) is 0 Å². The first kappa shape index (κ1) is 21.1. The number of carbonyl (C=O) groups excluding carboxylic acids is 3. The minimum absolute atomic E-state index is 0.0739. The zero-order chi connectivity index (χ0) is 21.0. The molecule has 2 aliphatic heterocycles. The lowest BCUT2D eigenvalue weighted by Crippen LogP contribution is -2.49. The van der Waals surface area contributed by atoms with E-state index in [-0.39, 0.29) is 12.5 Å². The topological polar surface area (TPSA) is 76.2 Å². The fraction of sp³-hybridized carbons (Fsp3) is 0.591. The van der Waals surface area contributed by atoms with Crippen LogP contribution in [0.5, 0.6) is 0 Å². The van der Waals surface area contributed by atoms with Crippen LogP contribution in [0.15, 0.2) is 30.3 Å². The van der Waals surface area contributed by atoms with E-state index in [0.717, 1.165) is 18.4 Å². The number of likely N-dealkylation sites (tertiary alicyclic amines) is 2.